The Kier molecular flexibility index (Phi) is 5.87. The number of carbonyl (C=O) groups is 2. The first-order valence-corrected chi connectivity index (χ1v) is 12.8. The summed E-state index contributed by atoms with van der Waals surface area (Å²) in [6, 6.07) is 3.40. The fraction of sp³-hybridized carbons (Fsp3) is 0.560. The minimum Gasteiger partial charge on any atom is -0.459 e. The molecule has 3 aliphatic rings. The highest BCUT2D eigenvalue weighted by atomic mass is 16.3. The van der Waals surface area contributed by atoms with Crippen molar-refractivity contribution in [3.05, 3.63) is 36.3 Å². The molecule has 6 rings (SSSR count). The SMILES string of the molecule is O=C(c1ccco1)N1CCN(C(=O)[C@@H]2CCCN(c3ncnc4c3nc3n4CCCCC3)C2)CC1. The highest BCUT2D eigenvalue weighted by Gasteiger charge is 2.33. The number of nitrogens with zero attached hydrogens (tertiary/aromatic N) is 7. The normalized spacial score (nSPS) is 21.1. The summed E-state index contributed by atoms with van der Waals surface area (Å²) < 4.78 is 7.49. The second-order valence-electron chi connectivity index (χ2n) is 9.74. The number of imidazole rings is 1. The Morgan fingerprint density at radius 3 is 2.63 bits per heavy atom. The van der Waals surface area contributed by atoms with Crippen LogP contribution in [0.5, 0.6) is 0 Å². The summed E-state index contributed by atoms with van der Waals surface area (Å²) in [5.74, 6) is 2.28. The van der Waals surface area contributed by atoms with Crippen LogP contribution >= 0.6 is 0 Å². The third-order valence-corrected chi connectivity index (χ3v) is 7.55. The molecule has 0 N–H and O–H groups in total. The predicted molar refractivity (Wildman–Crippen MR) is 129 cm³/mol. The van der Waals surface area contributed by atoms with Gasteiger partial charge in [0.1, 0.15) is 12.2 Å². The Bertz CT molecular complexity index is 1210. The number of amides is 2. The number of anilines is 1. The molecule has 2 fully saturated rings. The lowest BCUT2D eigenvalue weighted by molar-refractivity contribution is -0.137. The average molecular weight is 478 g/mol. The fourth-order valence-corrected chi connectivity index (χ4v) is 5.67. The van der Waals surface area contributed by atoms with Gasteiger partial charge in [-0.1, -0.05) is 6.42 Å². The zero-order valence-electron chi connectivity index (χ0n) is 19.9. The first-order valence-electron chi connectivity index (χ1n) is 12.8. The monoisotopic (exact) mass is 477 g/mol. The van der Waals surface area contributed by atoms with Gasteiger partial charge in [0.25, 0.3) is 5.91 Å². The van der Waals surface area contributed by atoms with Crippen molar-refractivity contribution < 1.29 is 14.0 Å². The van der Waals surface area contributed by atoms with Gasteiger partial charge in [0.15, 0.2) is 22.7 Å². The molecular formula is C25H31N7O3. The largest absolute Gasteiger partial charge is 0.459 e. The number of rotatable bonds is 3. The lowest BCUT2D eigenvalue weighted by Gasteiger charge is -2.39. The molecule has 0 aromatic carbocycles. The van der Waals surface area contributed by atoms with Crippen LogP contribution in [0.4, 0.5) is 5.82 Å². The average Bonchev–Trinajstić information content (AvgIpc) is 3.51. The molecule has 0 spiro atoms. The van der Waals surface area contributed by atoms with E-state index in [1.807, 2.05) is 4.90 Å². The van der Waals surface area contributed by atoms with Crippen molar-refractivity contribution in [2.75, 3.05) is 44.2 Å². The van der Waals surface area contributed by atoms with Crippen LogP contribution in [0.3, 0.4) is 0 Å². The molecule has 6 heterocycles. The molecule has 1 atom stereocenters. The van der Waals surface area contributed by atoms with Crippen molar-refractivity contribution in [2.45, 2.75) is 45.1 Å². The minimum atomic E-state index is -0.114. The van der Waals surface area contributed by atoms with Crippen LogP contribution < -0.4 is 4.90 Å². The Balaban J connectivity index is 1.14. The smallest absolute Gasteiger partial charge is 0.289 e. The molecule has 3 aromatic heterocycles. The van der Waals surface area contributed by atoms with Gasteiger partial charge in [0, 0.05) is 52.2 Å². The summed E-state index contributed by atoms with van der Waals surface area (Å²) >= 11 is 0. The van der Waals surface area contributed by atoms with E-state index < -0.39 is 0 Å². The zero-order valence-corrected chi connectivity index (χ0v) is 19.9. The first kappa shape index (κ1) is 22.1. The van der Waals surface area contributed by atoms with Gasteiger partial charge >= 0.3 is 0 Å². The van der Waals surface area contributed by atoms with E-state index in [4.69, 9.17) is 9.40 Å². The molecule has 10 nitrogen and oxygen atoms in total. The molecule has 2 saturated heterocycles. The highest BCUT2D eigenvalue weighted by Crippen LogP contribution is 2.30. The third-order valence-electron chi connectivity index (χ3n) is 7.55. The summed E-state index contributed by atoms with van der Waals surface area (Å²) in [4.78, 5) is 46.0. The van der Waals surface area contributed by atoms with Gasteiger partial charge in [-0.05, 0) is 37.8 Å². The number of fused-ring (bicyclic) bond motifs is 3. The van der Waals surface area contributed by atoms with Crippen molar-refractivity contribution >= 4 is 28.8 Å². The highest BCUT2D eigenvalue weighted by molar-refractivity contribution is 5.91. The minimum absolute atomic E-state index is 0.0819. The second-order valence-corrected chi connectivity index (χ2v) is 9.74. The van der Waals surface area contributed by atoms with Crippen LogP contribution in [0.1, 0.15) is 48.5 Å². The van der Waals surface area contributed by atoms with Gasteiger partial charge in [-0.2, -0.15) is 0 Å². The van der Waals surface area contributed by atoms with Crippen LogP contribution in [-0.4, -0.2) is 80.4 Å². The number of piperidine rings is 1. The Morgan fingerprint density at radius 1 is 0.943 bits per heavy atom. The van der Waals surface area contributed by atoms with E-state index in [-0.39, 0.29) is 17.7 Å². The van der Waals surface area contributed by atoms with Crippen molar-refractivity contribution in [1.82, 2.24) is 29.3 Å². The number of carbonyl (C=O) groups excluding carboxylic acids is 2. The van der Waals surface area contributed by atoms with Crippen LogP contribution in [0.25, 0.3) is 11.2 Å². The number of aromatic nitrogens is 4. The molecule has 0 radical (unpaired) electrons. The summed E-state index contributed by atoms with van der Waals surface area (Å²) in [6.45, 7) is 4.60. The summed E-state index contributed by atoms with van der Waals surface area (Å²) in [5, 5.41) is 0. The fourth-order valence-electron chi connectivity index (χ4n) is 5.67. The van der Waals surface area contributed by atoms with Gasteiger partial charge in [0.2, 0.25) is 5.91 Å². The van der Waals surface area contributed by atoms with Crippen molar-refractivity contribution in [3.8, 4) is 0 Å². The lowest BCUT2D eigenvalue weighted by atomic mass is 9.96. The molecule has 184 valence electrons. The van der Waals surface area contributed by atoms with Crippen LogP contribution in [0, 0.1) is 5.92 Å². The molecule has 2 amide bonds. The third kappa shape index (κ3) is 4.15. The van der Waals surface area contributed by atoms with Crippen LogP contribution in [0.2, 0.25) is 0 Å². The molecule has 0 unspecified atom stereocenters. The summed E-state index contributed by atoms with van der Waals surface area (Å²) in [5.41, 5.74) is 1.78. The lowest BCUT2D eigenvalue weighted by Crippen LogP contribution is -2.53. The van der Waals surface area contributed by atoms with Gasteiger partial charge in [-0.3, -0.25) is 9.59 Å². The topological polar surface area (TPSA) is 101 Å². The van der Waals surface area contributed by atoms with Crippen molar-refractivity contribution in [1.29, 1.82) is 0 Å². The van der Waals surface area contributed by atoms with Crippen molar-refractivity contribution in [2.24, 2.45) is 5.92 Å². The van der Waals surface area contributed by atoms with Gasteiger partial charge in [0.05, 0.1) is 12.2 Å². The number of piperazine rings is 1. The zero-order chi connectivity index (χ0) is 23.8. The number of furan rings is 1. The molecule has 0 bridgehead atoms. The molecule has 35 heavy (non-hydrogen) atoms. The van der Waals surface area contributed by atoms with E-state index in [2.05, 4.69) is 19.4 Å². The predicted octanol–water partition coefficient (Wildman–Crippen LogP) is 2.35. The Labute approximate surface area is 203 Å². The Hall–Kier alpha value is -3.43. The van der Waals surface area contributed by atoms with Gasteiger partial charge < -0.3 is 23.7 Å². The number of hydrogen-bond acceptors (Lipinski definition) is 7. The van der Waals surface area contributed by atoms with Gasteiger partial charge in [-0.15, -0.1) is 0 Å². The molecule has 0 aliphatic carbocycles. The number of aryl methyl sites for hydroxylation is 2. The summed E-state index contributed by atoms with van der Waals surface area (Å²) in [6.07, 6.45) is 9.47. The molecule has 0 saturated carbocycles. The van der Waals surface area contributed by atoms with E-state index in [1.165, 1.54) is 12.7 Å². The van der Waals surface area contributed by atoms with Crippen LogP contribution in [0.15, 0.2) is 29.1 Å². The quantitative estimate of drug-likeness (QED) is 0.571. The maximum Gasteiger partial charge on any atom is 0.289 e. The van der Waals surface area contributed by atoms with Crippen LogP contribution in [-0.2, 0) is 17.8 Å². The van der Waals surface area contributed by atoms with E-state index in [9.17, 15) is 9.59 Å². The summed E-state index contributed by atoms with van der Waals surface area (Å²) in [7, 11) is 0. The standard InChI is InChI=1S/C25H31N7O3/c33-24(29-11-13-30(14-12-29)25(34)19-7-5-15-35-19)18-6-4-9-31(16-18)22-21-23(27-17-26-22)32-10-3-1-2-8-20(32)28-21/h5,7,15,17-18H,1-4,6,8-14,16H2/t18-/m1/s1. The Morgan fingerprint density at radius 2 is 1.80 bits per heavy atom. The molecular weight excluding hydrogens is 446 g/mol. The second kappa shape index (κ2) is 9.31. The number of hydrogen-bond donors (Lipinski definition) is 0. The first-order chi connectivity index (χ1) is 17.2. The maximum atomic E-state index is 13.4. The molecule has 10 heteroatoms. The molecule has 3 aromatic rings. The van der Waals surface area contributed by atoms with E-state index in [1.54, 1.807) is 23.4 Å². The molecule has 3 aliphatic heterocycles. The van der Waals surface area contributed by atoms with E-state index >= 15 is 0 Å². The van der Waals surface area contributed by atoms with E-state index in [0.717, 1.165) is 68.0 Å². The van der Waals surface area contributed by atoms with Gasteiger partial charge in [-0.25, -0.2) is 15.0 Å². The van der Waals surface area contributed by atoms with Crippen molar-refractivity contribution in [3.63, 3.8) is 0 Å². The van der Waals surface area contributed by atoms with E-state index in [0.29, 0.717) is 38.5 Å². The maximum absolute atomic E-state index is 13.4.